The molecule has 0 aliphatic carbocycles. The Kier molecular flexibility index (Phi) is 5.40. The molecule has 0 bridgehead atoms. The van der Waals surface area contributed by atoms with Gasteiger partial charge in [0.05, 0.1) is 23.1 Å². The van der Waals surface area contributed by atoms with Gasteiger partial charge in [0.2, 0.25) is 11.9 Å². The number of amides is 1. The third kappa shape index (κ3) is 4.06. The zero-order valence-corrected chi connectivity index (χ0v) is 19.9. The van der Waals surface area contributed by atoms with Crippen LogP contribution in [0.5, 0.6) is 0 Å². The Hall–Kier alpha value is -4.60. The van der Waals surface area contributed by atoms with Crippen molar-refractivity contribution in [1.82, 2.24) is 34.4 Å². The Morgan fingerprint density at radius 3 is 2.67 bits per heavy atom. The van der Waals surface area contributed by atoms with Crippen molar-refractivity contribution in [2.24, 2.45) is 0 Å². The molecule has 1 aliphatic rings. The molecule has 36 heavy (non-hydrogen) atoms. The molecule has 5 aromatic rings. The number of hydrogen-bond donors (Lipinski definition) is 1. The first kappa shape index (κ1) is 21.9. The molecule has 1 N–H and O–H groups in total. The number of anilines is 1. The summed E-state index contributed by atoms with van der Waals surface area (Å²) in [5.41, 5.74) is 4.57. The van der Waals surface area contributed by atoms with Crippen molar-refractivity contribution >= 4 is 17.5 Å². The molecule has 1 amide bonds. The number of nitrogens with zero attached hydrogens (tertiary/aromatic N) is 7. The number of nitrogens with one attached hydrogen (secondary N) is 1. The number of carbonyl (C=O) groups excluding carboxylic acids is 1. The first-order valence-electron chi connectivity index (χ1n) is 11.8. The van der Waals surface area contributed by atoms with Gasteiger partial charge in [-0.3, -0.25) is 4.79 Å². The lowest BCUT2D eigenvalue weighted by Gasteiger charge is -2.15. The summed E-state index contributed by atoms with van der Waals surface area (Å²) in [4.78, 5) is 32.2. The smallest absolute Gasteiger partial charge is 0.233 e. The molecule has 2 atom stereocenters. The minimum atomic E-state index is -0.286. The van der Waals surface area contributed by atoms with Crippen LogP contribution in [-0.4, -0.2) is 53.9 Å². The van der Waals surface area contributed by atoms with Crippen molar-refractivity contribution in [3.8, 4) is 22.8 Å². The van der Waals surface area contributed by atoms with Crippen LogP contribution >= 0.6 is 0 Å². The highest BCUT2D eigenvalue weighted by Gasteiger charge is 2.33. The van der Waals surface area contributed by atoms with E-state index >= 15 is 0 Å². The van der Waals surface area contributed by atoms with E-state index in [1.165, 1.54) is 0 Å². The number of hydrogen-bond acceptors (Lipinski definition) is 8. The highest BCUT2D eigenvalue weighted by Crippen LogP contribution is 2.31. The van der Waals surface area contributed by atoms with E-state index in [1.807, 2.05) is 53.2 Å². The summed E-state index contributed by atoms with van der Waals surface area (Å²) in [7, 11) is 1.80. The summed E-state index contributed by atoms with van der Waals surface area (Å²) in [5, 5.41) is 7.54. The minimum Gasteiger partial charge on any atom is -0.360 e. The van der Waals surface area contributed by atoms with Gasteiger partial charge in [0.1, 0.15) is 23.0 Å². The SMILES string of the molecule is C[C@@H](Nc1nccc(-c2cccc(-c3cc([C@@H]4CCN(C)C4=O)on3)n2)n1)c1ccn2ccnc2c1. The summed E-state index contributed by atoms with van der Waals surface area (Å²) in [6.45, 7) is 2.77. The second-order valence-corrected chi connectivity index (χ2v) is 8.91. The van der Waals surface area contributed by atoms with Crippen LogP contribution in [0.25, 0.3) is 28.4 Å². The van der Waals surface area contributed by atoms with Crippen LogP contribution in [0.4, 0.5) is 5.95 Å². The standard InChI is InChI=1S/C26H24N8O2/c1-16(17-7-12-34-13-10-27-24(34)14-17)29-26-28-9-6-21(31-26)19-4-3-5-20(30-19)22-15-23(36-32-22)18-8-11-33(2)25(18)35/h3-7,9-10,12-16,18H,8,11H2,1-2H3,(H,28,29,31)/t16-,18+/m1/s1. The molecule has 10 nitrogen and oxygen atoms in total. The largest absolute Gasteiger partial charge is 0.360 e. The number of fused-ring (bicyclic) bond motifs is 1. The number of carbonyl (C=O) groups is 1. The fourth-order valence-electron chi connectivity index (χ4n) is 4.42. The fourth-order valence-corrected chi connectivity index (χ4v) is 4.42. The number of rotatable bonds is 6. The van der Waals surface area contributed by atoms with E-state index in [4.69, 9.17) is 9.51 Å². The van der Waals surface area contributed by atoms with Crippen LogP contribution in [0.15, 0.2) is 71.8 Å². The molecule has 0 aromatic carbocycles. The van der Waals surface area contributed by atoms with Crippen molar-refractivity contribution in [3.63, 3.8) is 0 Å². The molecular weight excluding hydrogens is 456 g/mol. The Morgan fingerprint density at radius 1 is 1.00 bits per heavy atom. The number of imidazole rings is 1. The molecule has 0 unspecified atom stereocenters. The third-order valence-corrected chi connectivity index (χ3v) is 6.50. The molecule has 0 saturated carbocycles. The normalized spacial score (nSPS) is 16.6. The van der Waals surface area contributed by atoms with E-state index in [2.05, 4.69) is 32.3 Å². The van der Waals surface area contributed by atoms with Gasteiger partial charge in [-0.1, -0.05) is 11.2 Å². The predicted molar refractivity (Wildman–Crippen MR) is 133 cm³/mol. The predicted octanol–water partition coefficient (Wildman–Crippen LogP) is 3.96. The van der Waals surface area contributed by atoms with Crippen molar-refractivity contribution < 1.29 is 9.32 Å². The summed E-state index contributed by atoms with van der Waals surface area (Å²) >= 11 is 0. The molecule has 5 aromatic heterocycles. The van der Waals surface area contributed by atoms with Gasteiger partial charge in [-0.2, -0.15) is 0 Å². The zero-order chi connectivity index (χ0) is 24.6. The summed E-state index contributed by atoms with van der Waals surface area (Å²) in [6.07, 6.45) is 8.11. The molecule has 0 radical (unpaired) electrons. The molecule has 0 spiro atoms. The molecule has 1 aliphatic heterocycles. The van der Waals surface area contributed by atoms with Crippen LogP contribution in [0, 0.1) is 0 Å². The Labute approximate surface area is 207 Å². The average molecular weight is 481 g/mol. The molecule has 6 heterocycles. The van der Waals surface area contributed by atoms with Gasteiger partial charge in [0, 0.05) is 44.4 Å². The fraction of sp³-hybridized carbons (Fsp3) is 0.231. The molecule has 180 valence electrons. The van der Waals surface area contributed by atoms with Gasteiger partial charge in [-0.05, 0) is 49.2 Å². The third-order valence-electron chi connectivity index (χ3n) is 6.50. The lowest BCUT2D eigenvalue weighted by Crippen LogP contribution is -2.21. The molecule has 1 saturated heterocycles. The van der Waals surface area contributed by atoms with E-state index in [1.54, 1.807) is 30.4 Å². The van der Waals surface area contributed by atoms with Crippen molar-refractivity contribution in [1.29, 1.82) is 0 Å². The van der Waals surface area contributed by atoms with E-state index in [0.717, 1.165) is 17.6 Å². The Morgan fingerprint density at radius 2 is 1.83 bits per heavy atom. The van der Waals surface area contributed by atoms with Gasteiger partial charge >= 0.3 is 0 Å². The second kappa shape index (κ2) is 8.88. The maximum atomic E-state index is 12.3. The van der Waals surface area contributed by atoms with Crippen LogP contribution in [0.2, 0.25) is 0 Å². The van der Waals surface area contributed by atoms with Gasteiger partial charge in [-0.25, -0.2) is 19.9 Å². The van der Waals surface area contributed by atoms with Crippen molar-refractivity contribution in [2.75, 3.05) is 18.9 Å². The monoisotopic (exact) mass is 480 g/mol. The molecule has 1 fully saturated rings. The topological polar surface area (TPSA) is 114 Å². The lowest BCUT2D eigenvalue weighted by molar-refractivity contribution is -0.128. The summed E-state index contributed by atoms with van der Waals surface area (Å²) in [5.74, 6) is 0.844. The second-order valence-electron chi connectivity index (χ2n) is 8.91. The first-order chi connectivity index (χ1) is 17.5. The Bertz CT molecular complexity index is 1560. The van der Waals surface area contributed by atoms with E-state index < -0.39 is 0 Å². The van der Waals surface area contributed by atoms with Crippen molar-refractivity contribution in [2.45, 2.75) is 25.3 Å². The zero-order valence-electron chi connectivity index (χ0n) is 19.9. The van der Waals surface area contributed by atoms with Crippen molar-refractivity contribution in [3.05, 3.63) is 78.6 Å². The van der Waals surface area contributed by atoms with Crippen LogP contribution < -0.4 is 5.32 Å². The maximum absolute atomic E-state index is 12.3. The molecular formula is C26H24N8O2. The number of pyridine rings is 2. The summed E-state index contributed by atoms with van der Waals surface area (Å²) < 4.78 is 7.48. The van der Waals surface area contributed by atoms with E-state index in [9.17, 15) is 4.79 Å². The van der Waals surface area contributed by atoms with Gasteiger partial charge < -0.3 is 19.1 Å². The van der Waals surface area contributed by atoms with Crippen LogP contribution in [0.1, 0.15) is 36.6 Å². The van der Waals surface area contributed by atoms with E-state index in [0.29, 0.717) is 41.0 Å². The van der Waals surface area contributed by atoms with Gasteiger partial charge in [-0.15, -0.1) is 0 Å². The Balaban J connectivity index is 1.22. The van der Waals surface area contributed by atoms with Gasteiger partial charge in [0.15, 0.2) is 0 Å². The van der Waals surface area contributed by atoms with Crippen LogP contribution in [-0.2, 0) is 4.79 Å². The first-order valence-corrected chi connectivity index (χ1v) is 11.8. The highest BCUT2D eigenvalue weighted by molar-refractivity contribution is 5.85. The van der Waals surface area contributed by atoms with E-state index in [-0.39, 0.29) is 17.9 Å². The van der Waals surface area contributed by atoms with Gasteiger partial charge in [0.25, 0.3) is 0 Å². The highest BCUT2D eigenvalue weighted by atomic mass is 16.5. The average Bonchev–Trinajstić information content (AvgIpc) is 3.65. The minimum absolute atomic E-state index is 0.0212. The number of aromatic nitrogens is 6. The molecule has 10 heteroatoms. The number of likely N-dealkylation sites (N-methyl/N-ethyl adjacent to an activating group) is 1. The number of likely N-dealkylation sites (tertiary alicyclic amines) is 1. The molecule has 6 rings (SSSR count). The lowest BCUT2D eigenvalue weighted by atomic mass is 10.0. The van der Waals surface area contributed by atoms with Crippen LogP contribution in [0.3, 0.4) is 0 Å². The maximum Gasteiger partial charge on any atom is 0.233 e. The summed E-state index contributed by atoms with van der Waals surface area (Å²) in [6, 6.07) is 13.3. The quantitative estimate of drug-likeness (QED) is 0.388.